The first kappa shape index (κ1) is 13.6. The Bertz CT molecular complexity index is 763. The summed E-state index contributed by atoms with van der Waals surface area (Å²) in [5.74, 6) is 0.487. The number of benzene rings is 1. The molecule has 0 bridgehead atoms. The van der Waals surface area contributed by atoms with E-state index < -0.39 is 0 Å². The van der Waals surface area contributed by atoms with Crippen LogP contribution in [-0.4, -0.2) is 22.0 Å². The van der Waals surface area contributed by atoms with Crippen LogP contribution in [0, 0.1) is 13.8 Å². The number of aromatic nitrogens is 1. The van der Waals surface area contributed by atoms with Crippen LogP contribution in [0.3, 0.4) is 0 Å². The summed E-state index contributed by atoms with van der Waals surface area (Å²) in [6.07, 6.45) is 4.34. The number of hydrogen-bond acceptors (Lipinski definition) is 3. The van der Waals surface area contributed by atoms with E-state index >= 15 is 0 Å². The SMILES string of the molecule is Cc1ccc(C)c2nc3c(cc12)CN(C1CCCC1)C(=O)O3. The van der Waals surface area contributed by atoms with E-state index in [9.17, 15) is 4.79 Å². The molecule has 22 heavy (non-hydrogen) atoms. The zero-order chi connectivity index (χ0) is 15.3. The highest BCUT2D eigenvalue weighted by atomic mass is 16.6. The molecule has 0 radical (unpaired) electrons. The molecule has 1 amide bonds. The number of hydrogen-bond donors (Lipinski definition) is 0. The van der Waals surface area contributed by atoms with E-state index in [0.29, 0.717) is 18.5 Å². The number of ether oxygens (including phenoxy) is 1. The van der Waals surface area contributed by atoms with Gasteiger partial charge in [0.1, 0.15) is 0 Å². The largest absolute Gasteiger partial charge is 0.417 e. The number of aryl methyl sites for hydroxylation is 2. The van der Waals surface area contributed by atoms with Crippen molar-refractivity contribution < 1.29 is 9.53 Å². The maximum absolute atomic E-state index is 12.3. The molecule has 0 atom stereocenters. The molecule has 1 aromatic heterocycles. The predicted octanol–water partition coefficient (Wildman–Crippen LogP) is 4.11. The van der Waals surface area contributed by atoms with Crippen LogP contribution in [0.4, 0.5) is 4.79 Å². The molecule has 0 N–H and O–H groups in total. The van der Waals surface area contributed by atoms with Crippen molar-refractivity contribution in [3.63, 3.8) is 0 Å². The lowest BCUT2D eigenvalue weighted by atomic mass is 10.0. The van der Waals surface area contributed by atoms with Gasteiger partial charge in [-0.05, 0) is 43.9 Å². The van der Waals surface area contributed by atoms with Crippen LogP contribution < -0.4 is 4.74 Å². The van der Waals surface area contributed by atoms with Crippen LogP contribution in [0.2, 0.25) is 0 Å². The number of carbonyl (C=O) groups is 1. The standard InChI is InChI=1S/C18H20N2O2/c1-11-7-8-12(2)16-15(11)9-13-10-20(14-5-3-4-6-14)18(21)22-17(13)19-16/h7-9,14H,3-6,10H2,1-2H3. The van der Waals surface area contributed by atoms with E-state index in [1.807, 2.05) is 11.8 Å². The quantitative estimate of drug-likeness (QED) is 0.795. The van der Waals surface area contributed by atoms with E-state index in [1.54, 1.807) is 0 Å². The molecule has 2 aliphatic rings. The van der Waals surface area contributed by atoms with Crippen LogP contribution >= 0.6 is 0 Å². The monoisotopic (exact) mass is 296 g/mol. The second-order valence-electron chi connectivity index (χ2n) is 6.48. The molecule has 1 aliphatic carbocycles. The highest BCUT2D eigenvalue weighted by Crippen LogP contribution is 2.34. The topological polar surface area (TPSA) is 42.4 Å². The van der Waals surface area contributed by atoms with Gasteiger partial charge in [0.25, 0.3) is 0 Å². The molecule has 4 heteroatoms. The van der Waals surface area contributed by atoms with Gasteiger partial charge in [0.15, 0.2) is 0 Å². The van der Waals surface area contributed by atoms with Crippen molar-refractivity contribution in [1.82, 2.24) is 9.88 Å². The zero-order valence-electron chi connectivity index (χ0n) is 13.1. The number of carbonyl (C=O) groups excluding carboxylic acids is 1. The van der Waals surface area contributed by atoms with E-state index in [-0.39, 0.29) is 6.09 Å². The number of amides is 1. The summed E-state index contributed by atoms with van der Waals surface area (Å²) in [5, 5.41) is 1.16. The number of fused-ring (bicyclic) bond motifs is 2. The normalized spacial score (nSPS) is 18.6. The van der Waals surface area contributed by atoms with Gasteiger partial charge in [0, 0.05) is 17.0 Å². The molecule has 1 aliphatic heterocycles. The molecule has 0 spiro atoms. The first-order chi connectivity index (χ1) is 10.6. The number of rotatable bonds is 1. The first-order valence-corrected chi connectivity index (χ1v) is 8.02. The van der Waals surface area contributed by atoms with Crippen molar-refractivity contribution in [2.75, 3.05) is 0 Å². The molecular formula is C18H20N2O2. The fourth-order valence-corrected chi connectivity index (χ4v) is 3.64. The van der Waals surface area contributed by atoms with Gasteiger partial charge in [-0.15, -0.1) is 0 Å². The fraction of sp³-hybridized carbons (Fsp3) is 0.444. The van der Waals surface area contributed by atoms with Crippen molar-refractivity contribution in [3.05, 3.63) is 34.9 Å². The summed E-state index contributed by atoms with van der Waals surface area (Å²) in [6, 6.07) is 6.66. The molecule has 0 saturated heterocycles. The Labute approximate surface area is 130 Å². The second-order valence-corrected chi connectivity index (χ2v) is 6.48. The lowest BCUT2D eigenvalue weighted by Gasteiger charge is -2.32. The van der Waals surface area contributed by atoms with Gasteiger partial charge in [0.05, 0.1) is 12.1 Å². The van der Waals surface area contributed by atoms with Gasteiger partial charge in [-0.25, -0.2) is 9.78 Å². The van der Waals surface area contributed by atoms with E-state index in [1.165, 1.54) is 18.4 Å². The molecular weight excluding hydrogens is 276 g/mol. The van der Waals surface area contributed by atoms with E-state index in [0.717, 1.165) is 34.9 Å². The molecule has 1 saturated carbocycles. The number of pyridine rings is 1. The molecule has 2 aromatic rings. The number of nitrogens with zero attached hydrogens (tertiary/aromatic N) is 2. The molecule has 1 fully saturated rings. The third-order valence-electron chi connectivity index (χ3n) is 4.97. The molecule has 2 heterocycles. The average molecular weight is 296 g/mol. The Balaban J connectivity index is 1.79. The minimum Gasteiger partial charge on any atom is -0.391 e. The zero-order valence-corrected chi connectivity index (χ0v) is 13.1. The maximum Gasteiger partial charge on any atom is 0.417 e. The minimum absolute atomic E-state index is 0.239. The summed E-state index contributed by atoms with van der Waals surface area (Å²) in [7, 11) is 0. The van der Waals surface area contributed by atoms with Gasteiger partial charge in [-0.1, -0.05) is 25.0 Å². The Morgan fingerprint density at radius 3 is 2.68 bits per heavy atom. The second kappa shape index (κ2) is 4.97. The molecule has 1 aromatic carbocycles. The molecule has 4 nitrogen and oxygen atoms in total. The van der Waals surface area contributed by atoms with Crippen molar-refractivity contribution in [1.29, 1.82) is 0 Å². The Morgan fingerprint density at radius 2 is 1.91 bits per heavy atom. The van der Waals surface area contributed by atoms with E-state index in [2.05, 4.69) is 30.1 Å². The summed E-state index contributed by atoms with van der Waals surface area (Å²) in [4.78, 5) is 18.8. The third kappa shape index (κ3) is 2.05. The Hall–Kier alpha value is -2.10. The van der Waals surface area contributed by atoms with E-state index in [4.69, 9.17) is 4.74 Å². The average Bonchev–Trinajstić information content (AvgIpc) is 3.03. The summed E-state index contributed by atoms with van der Waals surface area (Å²) >= 11 is 0. The first-order valence-electron chi connectivity index (χ1n) is 8.02. The third-order valence-corrected chi connectivity index (χ3v) is 4.97. The molecule has 114 valence electrons. The summed E-state index contributed by atoms with van der Waals surface area (Å²) < 4.78 is 5.54. The van der Waals surface area contributed by atoms with Crippen LogP contribution in [0.5, 0.6) is 5.88 Å². The Kier molecular flexibility index (Phi) is 3.06. The van der Waals surface area contributed by atoms with Crippen molar-refractivity contribution in [2.45, 2.75) is 52.1 Å². The van der Waals surface area contributed by atoms with Crippen LogP contribution in [-0.2, 0) is 6.54 Å². The van der Waals surface area contributed by atoms with Crippen molar-refractivity contribution >= 4 is 17.0 Å². The van der Waals surface area contributed by atoms with Crippen LogP contribution in [0.1, 0.15) is 42.4 Å². The molecule has 4 rings (SSSR count). The highest BCUT2D eigenvalue weighted by molar-refractivity contribution is 5.87. The Morgan fingerprint density at radius 1 is 1.18 bits per heavy atom. The maximum atomic E-state index is 12.3. The smallest absolute Gasteiger partial charge is 0.391 e. The van der Waals surface area contributed by atoms with Crippen LogP contribution in [0.15, 0.2) is 18.2 Å². The fourth-order valence-electron chi connectivity index (χ4n) is 3.64. The highest BCUT2D eigenvalue weighted by Gasteiger charge is 2.33. The van der Waals surface area contributed by atoms with Gasteiger partial charge >= 0.3 is 6.09 Å². The van der Waals surface area contributed by atoms with Gasteiger partial charge in [-0.2, -0.15) is 0 Å². The summed E-state index contributed by atoms with van der Waals surface area (Å²) in [6.45, 7) is 4.76. The summed E-state index contributed by atoms with van der Waals surface area (Å²) in [5.41, 5.74) is 4.27. The predicted molar refractivity (Wildman–Crippen MR) is 85.0 cm³/mol. The lowest BCUT2D eigenvalue weighted by molar-refractivity contribution is 0.114. The van der Waals surface area contributed by atoms with Crippen molar-refractivity contribution in [3.8, 4) is 5.88 Å². The van der Waals surface area contributed by atoms with Crippen LogP contribution in [0.25, 0.3) is 10.9 Å². The van der Waals surface area contributed by atoms with Gasteiger partial charge < -0.3 is 9.64 Å². The molecule has 0 unspecified atom stereocenters. The van der Waals surface area contributed by atoms with Gasteiger partial charge in [-0.3, -0.25) is 0 Å². The lowest BCUT2D eigenvalue weighted by Crippen LogP contribution is -2.43. The van der Waals surface area contributed by atoms with Crippen molar-refractivity contribution in [2.24, 2.45) is 0 Å². The van der Waals surface area contributed by atoms with Gasteiger partial charge in [0.2, 0.25) is 5.88 Å². The minimum atomic E-state index is -0.239.